The maximum absolute atomic E-state index is 12.8. The van der Waals surface area contributed by atoms with Crippen molar-refractivity contribution in [1.82, 2.24) is 9.97 Å². The zero-order chi connectivity index (χ0) is 74.2. The topological polar surface area (TPSA) is 31.6 Å². The summed E-state index contributed by atoms with van der Waals surface area (Å²) >= 11 is 5.33. The Morgan fingerprint density at radius 1 is 0.396 bits per heavy atom. The highest BCUT2D eigenvalue weighted by Crippen LogP contribution is 2.31. The fourth-order valence-corrected chi connectivity index (χ4v) is 11.8. The number of benzene rings is 11. The van der Waals surface area contributed by atoms with Crippen molar-refractivity contribution in [1.29, 1.82) is 0 Å². The number of aromatic amines is 2. The molecule has 0 aliphatic rings. The van der Waals surface area contributed by atoms with Gasteiger partial charge in [-0.25, -0.2) is 39.5 Å². The smallest absolute Gasteiger partial charge is 0.194 e. The lowest BCUT2D eigenvalue weighted by molar-refractivity contribution is 0.445. The van der Waals surface area contributed by atoms with Crippen LogP contribution in [-0.4, -0.2) is 15.7 Å². The van der Waals surface area contributed by atoms with E-state index < -0.39 is 40.7 Å². The third-order valence-electron chi connectivity index (χ3n) is 17.0. The minimum Gasteiger partial charge on any atom is -0.361 e. The number of aromatic nitrogens is 2. The van der Waals surface area contributed by atoms with Gasteiger partial charge in [-0.15, -0.1) is 11.8 Å². The Kier molecular flexibility index (Phi) is 34.9. The van der Waals surface area contributed by atoms with Gasteiger partial charge >= 0.3 is 0 Å². The average Bonchev–Trinajstić information content (AvgIpc) is 1.35. The number of fused-ring (bicyclic) bond motifs is 4. The van der Waals surface area contributed by atoms with E-state index in [0.717, 1.165) is 70.2 Å². The maximum Gasteiger partial charge on any atom is 0.194 e. The Hall–Kier alpha value is -8.78. The third kappa shape index (κ3) is 26.3. The summed E-state index contributed by atoms with van der Waals surface area (Å²) in [4.78, 5) is 7.47. The lowest BCUT2D eigenvalue weighted by atomic mass is 9.82. The molecule has 0 radical (unpaired) electrons. The fourth-order valence-electron chi connectivity index (χ4n) is 10.4. The van der Waals surface area contributed by atoms with Crippen molar-refractivity contribution in [3.63, 3.8) is 0 Å². The monoisotopic (exact) mass is 1460 g/mol. The quantitative estimate of drug-likeness (QED) is 0.0608. The van der Waals surface area contributed by atoms with Crippen LogP contribution in [0.25, 0.3) is 43.4 Å². The second-order valence-electron chi connectivity index (χ2n) is 24.5. The molecule has 0 spiro atoms. The minimum atomic E-state index is -1.40. The summed E-state index contributed by atoms with van der Waals surface area (Å²) in [5.41, 5.74) is 13.4. The molecule has 0 unspecified atom stereocenters. The van der Waals surface area contributed by atoms with Crippen LogP contribution in [0.1, 0.15) is 131 Å². The first-order valence-electron chi connectivity index (χ1n) is 34.2. The Morgan fingerprint density at radius 3 is 1.39 bits per heavy atom. The predicted molar refractivity (Wildman–Crippen MR) is 414 cm³/mol. The molecule has 13 aromatic rings. The molecule has 0 fully saturated rings. The largest absolute Gasteiger partial charge is 0.361 e. The first-order valence-corrected chi connectivity index (χ1v) is 36.0. The van der Waals surface area contributed by atoms with Crippen molar-refractivity contribution >= 4 is 71.0 Å². The molecular weight excluding hydrogens is 1370 g/mol. The van der Waals surface area contributed by atoms with E-state index in [1.165, 1.54) is 114 Å². The van der Waals surface area contributed by atoms with Gasteiger partial charge in [0.2, 0.25) is 0 Å². The van der Waals surface area contributed by atoms with Gasteiger partial charge in [-0.05, 0) is 255 Å². The molecule has 2 heterocycles. The SMILES string of the molecule is CCC(C)(C)c1ccccc1.CCCc1c2ccccc2cc2ccccc12.CCSc1ccccc1Br.CCc1c[nH]c2ccc(F)cc12.CCc1cc(F)c(F)c(F)c1.CCc1cc(F)cc(F)c1.CCc1ccc(F)cc1F.Cc1c[nH]c2ccc(F)cc12.Cc1cccc(C)c1C. The molecule has 11 aromatic carbocycles. The lowest BCUT2D eigenvalue weighted by Crippen LogP contribution is -2.14. The van der Waals surface area contributed by atoms with Crippen molar-refractivity contribution in [2.75, 3.05) is 5.75 Å². The van der Waals surface area contributed by atoms with Gasteiger partial charge < -0.3 is 9.97 Å². The zero-order valence-corrected chi connectivity index (χ0v) is 62.6. The molecule has 0 saturated carbocycles. The van der Waals surface area contributed by atoms with E-state index in [1.807, 2.05) is 51.0 Å². The van der Waals surface area contributed by atoms with Gasteiger partial charge in [0.15, 0.2) is 17.5 Å². The molecule has 13 rings (SSSR count). The first kappa shape index (κ1) is 82.9. The van der Waals surface area contributed by atoms with E-state index in [2.05, 4.69) is 210 Å². The molecule has 2 nitrogen and oxygen atoms in total. The molecule has 0 aliphatic carbocycles. The van der Waals surface area contributed by atoms with Crippen molar-refractivity contribution in [3.05, 3.63) is 337 Å². The van der Waals surface area contributed by atoms with Crippen LogP contribution in [0.15, 0.2) is 234 Å². The number of rotatable bonds is 10. The molecule has 101 heavy (non-hydrogen) atoms. The molecule has 0 aliphatic heterocycles. The number of H-pyrrole nitrogens is 2. The summed E-state index contributed by atoms with van der Waals surface area (Å²) in [5.74, 6) is -4.85. The summed E-state index contributed by atoms with van der Waals surface area (Å²) in [6, 6.07) is 63.8. The van der Waals surface area contributed by atoms with Crippen molar-refractivity contribution in [3.8, 4) is 0 Å². The van der Waals surface area contributed by atoms with Crippen LogP contribution in [0.5, 0.6) is 0 Å². The number of hydrogen-bond acceptors (Lipinski definition) is 1. The molecule has 2 N–H and O–H groups in total. The molecule has 0 atom stereocenters. The highest BCUT2D eigenvalue weighted by atomic mass is 79.9. The number of nitrogens with one attached hydrogen (secondary N) is 2. The van der Waals surface area contributed by atoms with Crippen molar-refractivity contribution < 1.29 is 39.5 Å². The average molecular weight is 1460 g/mol. The van der Waals surface area contributed by atoms with Crippen LogP contribution in [-0.2, 0) is 37.5 Å². The van der Waals surface area contributed by atoms with Crippen LogP contribution in [0.2, 0.25) is 0 Å². The van der Waals surface area contributed by atoms with Gasteiger partial charge in [0, 0.05) is 55.7 Å². The lowest BCUT2D eigenvalue weighted by Gasteiger charge is -2.22. The summed E-state index contributed by atoms with van der Waals surface area (Å²) in [5, 5.41) is 7.49. The second kappa shape index (κ2) is 42.5. The number of hydrogen-bond donors (Lipinski definition) is 2. The van der Waals surface area contributed by atoms with E-state index in [1.54, 1.807) is 31.2 Å². The summed E-state index contributed by atoms with van der Waals surface area (Å²) < 4.78 is 113. The molecule has 0 amide bonds. The first-order chi connectivity index (χ1) is 48.3. The van der Waals surface area contributed by atoms with Gasteiger partial charge in [0.05, 0.1) is 0 Å². The minimum absolute atomic E-state index is 0.170. The molecular formula is C88H94BrF9N2S. The van der Waals surface area contributed by atoms with Crippen LogP contribution < -0.4 is 0 Å². The molecule has 13 heteroatoms. The highest BCUT2D eigenvalue weighted by molar-refractivity contribution is 9.10. The van der Waals surface area contributed by atoms with E-state index in [9.17, 15) is 39.5 Å². The summed E-state index contributed by atoms with van der Waals surface area (Å²) in [7, 11) is 0. The Balaban J connectivity index is 0.000000206. The Bertz CT molecular complexity index is 4540. The standard InChI is InChI=1S/C17H16.C11H16.C10H10FN.C9H8FN.C9H12.C8H9BrS.C8H7F3.2C8H8F2/c1-2-7-17-15-10-5-3-8-13(15)12-14-9-4-6-11-16(14)17;1-4-11(2,3)10-8-6-5-7-9-10;1-2-7-6-12-10-4-3-8(11)5-9(7)10;1-6-5-11-9-3-2-7(10)4-8(6)9;1-7-5-4-6-8(2)9(7)3;1-2-10-8-6-4-3-5-7(8)9;1-2-5-3-6(9)8(11)7(10)4-5;1-2-6-3-7(9)5-8(10)4-6;1-2-6-3-4-7(9)5-8(6)10/h3-6,8-12H,2,7H2,1H3;5-9H,4H2,1-3H3;3-6,12H,2H2,1H3;2-5,11H,1H3;4-6H,1-3H3;3-6H,2H2,1H3;3-4H,2H2,1H3;2*3-5H,2H2,1H3. The molecule has 2 aromatic heterocycles. The second-order valence-corrected chi connectivity index (χ2v) is 26.7. The van der Waals surface area contributed by atoms with E-state index in [-0.39, 0.29) is 11.6 Å². The van der Waals surface area contributed by atoms with E-state index in [4.69, 9.17) is 0 Å². The van der Waals surface area contributed by atoms with Crippen LogP contribution in [0, 0.1) is 80.0 Å². The molecule has 0 bridgehead atoms. The van der Waals surface area contributed by atoms with Gasteiger partial charge in [-0.3, -0.25) is 0 Å². The predicted octanol–water partition coefficient (Wildman–Crippen LogP) is 27.7. The van der Waals surface area contributed by atoms with Crippen LogP contribution >= 0.6 is 27.7 Å². The number of thioether (sulfide) groups is 1. The van der Waals surface area contributed by atoms with E-state index >= 15 is 0 Å². The van der Waals surface area contributed by atoms with E-state index in [0.29, 0.717) is 41.4 Å². The van der Waals surface area contributed by atoms with Gasteiger partial charge in [-0.2, -0.15) is 0 Å². The highest BCUT2D eigenvalue weighted by Gasteiger charge is 2.17. The Morgan fingerprint density at radius 2 is 0.881 bits per heavy atom. The fraction of sp³-hybridized carbons (Fsp3) is 0.250. The zero-order valence-electron chi connectivity index (χ0n) is 60.2. The van der Waals surface area contributed by atoms with Gasteiger partial charge in [-0.1, -0.05) is 184 Å². The van der Waals surface area contributed by atoms with Crippen LogP contribution in [0.3, 0.4) is 0 Å². The van der Waals surface area contributed by atoms with Crippen LogP contribution in [0.4, 0.5) is 39.5 Å². The summed E-state index contributed by atoms with van der Waals surface area (Å²) in [6.07, 6.45) is 10.0. The number of halogens is 10. The van der Waals surface area contributed by atoms with Gasteiger partial charge in [0.25, 0.3) is 0 Å². The van der Waals surface area contributed by atoms with Crippen molar-refractivity contribution in [2.24, 2.45) is 0 Å². The Labute approximate surface area is 605 Å². The maximum atomic E-state index is 12.8. The number of aryl methyl sites for hydroxylation is 8. The molecule has 532 valence electrons. The third-order valence-corrected chi connectivity index (χ3v) is 18.9. The normalized spacial score (nSPS) is 10.5. The molecule has 0 saturated heterocycles. The van der Waals surface area contributed by atoms with Crippen molar-refractivity contribution in [2.45, 2.75) is 145 Å². The van der Waals surface area contributed by atoms with Gasteiger partial charge in [0.1, 0.15) is 34.9 Å². The summed E-state index contributed by atoms with van der Waals surface area (Å²) in [6.45, 7) is 27.1.